The minimum atomic E-state index is -4.12. The van der Waals surface area contributed by atoms with E-state index in [0.717, 1.165) is 12.1 Å². The number of hydrogen-bond acceptors (Lipinski definition) is 3. The highest BCUT2D eigenvalue weighted by Crippen LogP contribution is 2.26. The predicted molar refractivity (Wildman–Crippen MR) is 77.2 cm³/mol. The van der Waals surface area contributed by atoms with Crippen LogP contribution in [0.2, 0.25) is 0 Å². The van der Waals surface area contributed by atoms with Crippen molar-refractivity contribution in [3.8, 4) is 0 Å². The fraction of sp³-hybridized carbons (Fsp3) is 0.417. The molecule has 8 heteroatoms. The third-order valence-corrected chi connectivity index (χ3v) is 4.93. The molecular formula is C12H16BrFN2O3S. The summed E-state index contributed by atoms with van der Waals surface area (Å²) >= 11 is 2.81. The van der Waals surface area contributed by atoms with Gasteiger partial charge in [-0.15, -0.1) is 0 Å². The SMILES string of the molecule is CC(C)C(C)NC(=O)c1cc(F)c(Br)c(S(N)(=O)=O)c1. The molecule has 1 atom stereocenters. The van der Waals surface area contributed by atoms with Crippen molar-refractivity contribution in [1.82, 2.24) is 5.32 Å². The summed E-state index contributed by atoms with van der Waals surface area (Å²) in [5, 5.41) is 7.65. The lowest BCUT2D eigenvalue weighted by molar-refractivity contribution is 0.0930. The Hall–Kier alpha value is -0.990. The normalized spacial score (nSPS) is 13.3. The molecule has 0 spiro atoms. The third kappa shape index (κ3) is 4.00. The number of carbonyl (C=O) groups is 1. The molecular weight excluding hydrogens is 351 g/mol. The average molecular weight is 367 g/mol. The van der Waals surface area contributed by atoms with Gasteiger partial charge in [-0.3, -0.25) is 4.79 Å². The highest BCUT2D eigenvalue weighted by Gasteiger charge is 2.21. The average Bonchev–Trinajstić information content (AvgIpc) is 2.30. The van der Waals surface area contributed by atoms with Crippen molar-refractivity contribution in [2.45, 2.75) is 31.7 Å². The third-order valence-electron chi connectivity index (χ3n) is 2.92. The van der Waals surface area contributed by atoms with Crippen molar-refractivity contribution in [2.75, 3.05) is 0 Å². The topological polar surface area (TPSA) is 89.3 Å². The van der Waals surface area contributed by atoms with Crippen LogP contribution in [0.25, 0.3) is 0 Å². The molecule has 0 aliphatic carbocycles. The molecule has 0 aliphatic rings. The van der Waals surface area contributed by atoms with Gasteiger partial charge in [0.25, 0.3) is 5.91 Å². The summed E-state index contributed by atoms with van der Waals surface area (Å²) in [4.78, 5) is 11.5. The number of halogens is 2. The Balaban J connectivity index is 3.21. The van der Waals surface area contributed by atoms with Crippen molar-refractivity contribution in [1.29, 1.82) is 0 Å². The van der Waals surface area contributed by atoms with Crippen molar-refractivity contribution < 1.29 is 17.6 Å². The van der Waals surface area contributed by atoms with Gasteiger partial charge in [-0.2, -0.15) is 0 Å². The maximum atomic E-state index is 13.7. The Morgan fingerprint density at radius 2 is 1.90 bits per heavy atom. The lowest BCUT2D eigenvalue weighted by Crippen LogP contribution is -2.36. The molecule has 1 rings (SSSR count). The second kappa shape index (κ2) is 6.19. The van der Waals surface area contributed by atoms with Gasteiger partial charge in [-0.05, 0) is 40.9 Å². The van der Waals surface area contributed by atoms with Crippen molar-refractivity contribution >= 4 is 31.9 Å². The van der Waals surface area contributed by atoms with E-state index >= 15 is 0 Å². The van der Waals surface area contributed by atoms with Crippen LogP contribution in [0.3, 0.4) is 0 Å². The summed E-state index contributed by atoms with van der Waals surface area (Å²) in [6.45, 7) is 5.64. The van der Waals surface area contributed by atoms with Gasteiger partial charge in [0, 0.05) is 11.6 Å². The first kappa shape index (κ1) is 17.1. The highest BCUT2D eigenvalue weighted by molar-refractivity contribution is 9.10. The van der Waals surface area contributed by atoms with Crippen LogP contribution in [-0.4, -0.2) is 20.4 Å². The smallest absolute Gasteiger partial charge is 0.251 e. The molecule has 0 saturated carbocycles. The van der Waals surface area contributed by atoms with Gasteiger partial charge in [0.05, 0.1) is 9.37 Å². The van der Waals surface area contributed by atoms with E-state index in [-0.39, 0.29) is 22.0 Å². The monoisotopic (exact) mass is 366 g/mol. The Kier molecular flexibility index (Phi) is 5.28. The molecule has 0 aromatic heterocycles. The van der Waals surface area contributed by atoms with Gasteiger partial charge in [0.1, 0.15) is 5.82 Å². The highest BCUT2D eigenvalue weighted by atomic mass is 79.9. The molecule has 112 valence electrons. The quantitative estimate of drug-likeness (QED) is 0.853. The summed E-state index contributed by atoms with van der Waals surface area (Å²) in [5.41, 5.74) is -0.0952. The summed E-state index contributed by atoms with van der Waals surface area (Å²) in [5.74, 6) is -1.22. The zero-order valence-electron chi connectivity index (χ0n) is 11.3. The number of nitrogens with one attached hydrogen (secondary N) is 1. The van der Waals surface area contributed by atoms with E-state index in [0.29, 0.717) is 0 Å². The Morgan fingerprint density at radius 3 is 2.35 bits per heavy atom. The number of hydrogen-bond donors (Lipinski definition) is 2. The largest absolute Gasteiger partial charge is 0.349 e. The number of benzene rings is 1. The minimum absolute atomic E-state index is 0.0952. The Labute approximate surface area is 125 Å². The molecule has 1 amide bonds. The van der Waals surface area contributed by atoms with Crippen LogP contribution in [0.5, 0.6) is 0 Å². The van der Waals surface area contributed by atoms with Crippen LogP contribution >= 0.6 is 15.9 Å². The maximum Gasteiger partial charge on any atom is 0.251 e. The van der Waals surface area contributed by atoms with Gasteiger partial charge in [-0.25, -0.2) is 17.9 Å². The van der Waals surface area contributed by atoms with Crippen LogP contribution in [0.15, 0.2) is 21.5 Å². The van der Waals surface area contributed by atoms with E-state index in [9.17, 15) is 17.6 Å². The van der Waals surface area contributed by atoms with Gasteiger partial charge in [0.2, 0.25) is 10.0 Å². The predicted octanol–water partition coefficient (Wildman–Crippen LogP) is 2.01. The first-order valence-electron chi connectivity index (χ1n) is 5.86. The van der Waals surface area contributed by atoms with Crippen molar-refractivity contribution in [2.24, 2.45) is 11.1 Å². The first-order chi connectivity index (χ1) is 9.04. The summed E-state index contributed by atoms with van der Waals surface area (Å²) in [6, 6.07) is 1.87. The molecule has 0 saturated heterocycles. The van der Waals surface area contributed by atoms with Crippen LogP contribution < -0.4 is 10.5 Å². The fourth-order valence-electron chi connectivity index (χ4n) is 1.36. The molecule has 1 aromatic carbocycles. The zero-order chi connectivity index (χ0) is 15.7. The molecule has 5 nitrogen and oxygen atoms in total. The van der Waals surface area contributed by atoms with Crippen LogP contribution in [0, 0.1) is 11.7 Å². The maximum absolute atomic E-state index is 13.7. The second-order valence-electron chi connectivity index (χ2n) is 4.82. The molecule has 0 bridgehead atoms. The molecule has 3 N–H and O–H groups in total. The molecule has 0 fully saturated rings. The number of sulfonamides is 1. The van der Waals surface area contributed by atoms with E-state index in [1.807, 2.05) is 13.8 Å². The second-order valence-corrected chi connectivity index (χ2v) is 7.14. The summed E-state index contributed by atoms with van der Waals surface area (Å²) in [7, 11) is -4.12. The number of amides is 1. The van der Waals surface area contributed by atoms with Crippen LogP contribution in [-0.2, 0) is 10.0 Å². The van der Waals surface area contributed by atoms with E-state index < -0.39 is 26.6 Å². The van der Waals surface area contributed by atoms with Crippen LogP contribution in [0.1, 0.15) is 31.1 Å². The number of carbonyl (C=O) groups excluding carboxylic acids is 1. The standard InChI is InChI=1S/C12H16BrFN2O3S/c1-6(2)7(3)16-12(17)8-4-9(14)11(13)10(5-8)20(15,18)19/h4-7H,1-3H3,(H,16,17)(H2,15,18,19). The van der Waals surface area contributed by atoms with Gasteiger partial charge in [0.15, 0.2) is 0 Å². The molecule has 0 heterocycles. The number of nitrogens with two attached hydrogens (primary N) is 1. The van der Waals surface area contributed by atoms with Crippen molar-refractivity contribution in [3.05, 3.63) is 28.0 Å². The Morgan fingerprint density at radius 1 is 1.35 bits per heavy atom. The molecule has 1 unspecified atom stereocenters. The van der Waals surface area contributed by atoms with Crippen molar-refractivity contribution in [3.63, 3.8) is 0 Å². The van der Waals surface area contributed by atoms with E-state index in [1.165, 1.54) is 0 Å². The molecule has 0 radical (unpaired) electrons. The van der Waals surface area contributed by atoms with E-state index in [4.69, 9.17) is 5.14 Å². The summed E-state index contributed by atoms with van der Waals surface area (Å²) < 4.78 is 36.1. The Bertz CT molecular complexity index is 632. The van der Waals surface area contributed by atoms with Crippen LogP contribution in [0.4, 0.5) is 4.39 Å². The molecule has 1 aromatic rings. The van der Waals surface area contributed by atoms with E-state index in [2.05, 4.69) is 21.2 Å². The lowest BCUT2D eigenvalue weighted by atomic mass is 10.1. The minimum Gasteiger partial charge on any atom is -0.349 e. The number of primary sulfonamides is 1. The lowest BCUT2D eigenvalue weighted by Gasteiger charge is -2.17. The fourth-order valence-corrected chi connectivity index (χ4v) is 2.90. The zero-order valence-corrected chi connectivity index (χ0v) is 13.7. The van der Waals surface area contributed by atoms with E-state index in [1.54, 1.807) is 6.92 Å². The number of rotatable bonds is 4. The van der Waals surface area contributed by atoms with Gasteiger partial charge < -0.3 is 5.32 Å². The summed E-state index contributed by atoms with van der Waals surface area (Å²) in [6.07, 6.45) is 0. The molecule has 20 heavy (non-hydrogen) atoms. The molecule has 0 aliphatic heterocycles. The van der Waals surface area contributed by atoms with Gasteiger partial charge >= 0.3 is 0 Å². The van der Waals surface area contributed by atoms with Gasteiger partial charge in [-0.1, -0.05) is 13.8 Å². The first-order valence-corrected chi connectivity index (χ1v) is 8.20.